The van der Waals surface area contributed by atoms with Crippen molar-refractivity contribution >= 4 is 26.3 Å². The van der Waals surface area contributed by atoms with E-state index in [4.69, 9.17) is 19.5 Å². The molecule has 0 radical (unpaired) electrons. The second kappa shape index (κ2) is 16.9. The number of nitrogens with two attached hydrogens (primary N) is 1. The third-order valence-corrected chi connectivity index (χ3v) is 9.52. The molecule has 40 heavy (non-hydrogen) atoms. The maximum absolute atomic E-state index is 13.5. The molecule has 11 heteroatoms. The zero-order valence-electron chi connectivity index (χ0n) is 23.8. The maximum Gasteiger partial charge on any atom is 0.405 e. The highest BCUT2D eigenvalue weighted by Gasteiger charge is 2.40. The summed E-state index contributed by atoms with van der Waals surface area (Å²) in [5.41, 5.74) is 6.48. The summed E-state index contributed by atoms with van der Waals surface area (Å²) in [6.07, 6.45) is 5.14. The number of aliphatic hydroxyl groups is 1. The molecule has 4 N–H and O–H groups in total. The van der Waals surface area contributed by atoms with E-state index in [1.807, 2.05) is 35.2 Å². The van der Waals surface area contributed by atoms with Gasteiger partial charge in [0.1, 0.15) is 5.85 Å². The van der Waals surface area contributed by atoms with E-state index in [0.717, 1.165) is 44.1 Å². The van der Waals surface area contributed by atoms with Gasteiger partial charge in [-0.1, -0.05) is 62.4 Å². The number of hydrogen-bond acceptors (Lipinski definition) is 7. The van der Waals surface area contributed by atoms with Crippen LogP contribution >= 0.6 is 8.38 Å². The Bertz CT molecular complexity index is 925. The second-order valence-corrected chi connectivity index (χ2v) is 12.2. The van der Waals surface area contributed by atoms with Crippen LogP contribution in [0.2, 0.25) is 0 Å². The molecule has 1 heterocycles. The molecule has 1 saturated carbocycles. The van der Waals surface area contributed by atoms with Crippen molar-refractivity contribution < 1.29 is 33.3 Å². The lowest BCUT2D eigenvalue weighted by atomic mass is 9.85. The number of rotatable bonds is 16. The molecule has 0 bridgehead atoms. The fourth-order valence-corrected chi connectivity index (χ4v) is 7.04. The number of aliphatic hydroxyl groups excluding tert-OH is 1. The lowest BCUT2D eigenvalue weighted by molar-refractivity contribution is -0.134. The van der Waals surface area contributed by atoms with Crippen LogP contribution in [-0.4, -0.2) is 72.2 Å². The molecule has 0 spiro atoms. The van der Waals surface area contributed by atoms with E-state index in [1.54, 1.807) is 13.8 Å². The van der Waals surface area contributed by atoms with Crippen LogP contribution in [0.15, 0.2) is 30.3 Å². The predicted octanol–water partition coefficient (Wildman–Crippen LogP) is 4.09. The zero-order chi connectivity index (χ0) is 28.9. The number of carbonyl (C=O) groups is 3. The third kappa shape index (κ3) is 9.98. The standard InChI is InChI=1S/C29H46N3O7P/c1-3-37-40(38-4-2)28(35)24(31-26(33)25(39-29(30)36)19-22-13-9-6-10-14-22)20-23-16-18-32(27(23)34)17-15-21-11-7-5-8-12-21/h5,7-8,11-12,22-25,28,35H,3-4,6,9-10,13-20H2,1-2H3,(H2,30,36)(H,31,33). The summed E-state index contributed by atoms with van der Waals surface area (Å²) in [5, 5.41) is 14.2. The summed E-state index contributed by atoms with van der Waals surface area (Å²) in [6, 6.07) is 9.19. The van der Waals surface area contributed by atoms with Crippen molar-refractivity contribution in [1.82, 2.24) is 10.2 Å². The molecular weight excluding hydrogens is 533 g/mol. The molecule has 1 aromatic carbocycles. The fraction of sp³-hybridized carbons (Fsp3) is 0.690. The van der Waals surface area contributed by atoms with Gasteiger partial charge in [-0.2, -0.15) is 0 Å². The number of carbonyl (C=O) groups excluding carboxylic acids is 3. The Morgan fingerprint density at radius 1 is 1.07 bits per heavy atom. The number of nitrogens with one attached hydrogen (secondary N) is 1. The molecule has 2 fully saturated rings. The van der Waals surface area contributed by atoms with Gasteiger partial charge in [-0.05, 0) is 51.0 Å². The Hall–Kier alpha value is -2.26. The van der Waals surface area contributed by atoms with E-state index >= 15 is 0 Å². The van der Waals surface area contributed by atoms with Gasteiger partial charge in [-0.15, -0.1) is 0 Å². The van der Waals surface area contributed by atoms with Gasteiger partial charge in [0.15, 0.2) is 6.10 Å². The normalized spacial score (nSPS) is 20.4. The van der Waals surface area contributed by atoms with Crippen molar-refractivity contribution in [1.29, 1.82) is 0 Å². The van der Waals surface area contributed by atoms with Crippen molar-refractivity contribution in [3.8, 4) is 0 Å². The van der Waals surface area contributed by atoms with Crippen LogP contribution < -0.4 is 11.1 Å². The highest BCUT2D eigenvalue weighted by atomic mass is 31.2. The lowest BCUT2D eigenvalue weighted by Gasteiger charge is -2.32. The first-order valence-corrected chi connectivity index (χ1v) is 15.9. The van der Waals surface area contributed by atoms with Crippen LogP contribution in [0, 0.1) is 11.8 Å². The van der Waals surface area contributed by atoms with Gasteiger partial charge in [-0.3, -0.25) is 9.59 Å². The van der Waals surface area contributed by atoms with Gasteiger partial charge in [0.2, 0.25) is 14.3 Å². The molecule has 4 unspecified atom stereocenters. The number of benzene rings is 1. The van der Waals surface area contributed by atoms with E-state index in [0.29, 0.717) is 39.1 Å². The van der Waals surface area contributed by atoms with Crippen LogP contribution in [-0.2, 0) is 29.8 Å². The number of ether oxygens (including phenoxy) is 1. The molecule has 3 amide bonds. The summed E-state index contributed by atoms with van der Waals surface area (Å²) in [7, 11) is -1.74. The molecule has 2 aliphatic rings. The highest BCUT2D eigenvalue weighted by molar-refractivity contribution is 7.47. The molecule has 1 saturated heterocycles. The van der Waals surface area contributed by atoms with Gasteiger partial charge in [0, 0.05) is 19.0 Å². The van der Waals surface area contributed by atoms with Crippen LogP contribution in [0.25, 0.3) is 0 Å². The average Bonchev–Trinajstić information content (AvgIpc) is 3.30. The molecular formula is C29H46N3O7P. The molecule has 1 aliphatic heterocycles. The predicted molar refractivity (Wildman–Crippen MR) is 153 cm³/mol. The molecule has 0 aromatic heterocycles. The SMILES string of the molecule is CCOP(OCC)C(O)C(CC1CCN(CCc2ccccc2)C1=O)NC(=O)C(CC1CCCCC1)OC(N)=O. The first kappa shape index (κ1) is 32.3. The lowest BCUT2D eigenvalue weighted by Crippen LogP contribution is -2.50. The summed E-state index contributed by atoms with van der Waals surface area (Å²) >= 11 is 0. The van der Waals surface area contributed by atoms with Crippen LogP contribution in [0.1, 0.15) is 70.8 Å². The molecule has 4 atom stereocenters. The van der Waals surface area contributed by atoms with E-state index in [-0.39, 0.29) is 24.2 Å². The molecule has 1 aliphatic carbocycles. The molecule has 3 rings (SSSR count). The zero-order valence-corrected chi connectivity index (χ0v) is 24.7. The topological polar surface area (TPSA) is 140 Å². The average molecular weight is 580 g/mol. The van der Waals surface area contributed by atoms with Crippen molar-refractivity contribution in [3.63, 3.8) is 0 Å². The van der Waals surface area contributed by atoms with E-state index in [9.17, 15) is 19.5 Å². The second-order valence-electron chi connectivity index (χ2n) is 10.6. The molecule has 224 valence electrons. The minimum atomic E-state index is -1.74. The van der Waals surface area contributed by atoms with Crippen molar-refractivity contribution in [2.75, 3.05) is 26.3 Å². The van der Waals surface area contributed by atoms with Crippen LogP contribution in [0.4, 0.5) is 4.79 Å². The smallest absolute Gasteiger partial charge is 0.405 e. The van der Waals surface area contributed by atoms with Crippen molar-refractivity contribution in [2.24, 2.45) is 17.6 Å². The maximum atomic E-state index is 13.5. The largest absolute Gasteiger partial charge is 0.436 e. The quantitative estimate of drug-likeness (QED) is 0.251. The van der Waals surface area contributed by atoms with Gasteiger partial charge in [-0.25, -0.2) is 4.79 Å². The Kier molecular flexibility index (Phi) is 13.6. The summed E-state index contributed by atoms with van der Waals surface area (Å²) in [6.45, 7) is 5.50. The van der Waals surface area contributed by atoms with Gasteiger partial charge >= 0.3 is 6.09 Å². The molecule has 10 nitrogen and oxygen atoms in total. The Morgan fingerprint density at radius 3 is 2.38 bits per heavy atom. The van der Waals surface area contributed by atoms with Gasteiger partial charge in [0.05, 0.1) is 19.3 Å². The highest BCUT2D eigenvalue weighted by Crippen LogP contribution is 2.45. The van der Waals surface area contributed by atoms with E-state index in [2.05, 4.69) is 5.32 Å². The van der Waals surface area contributed by atoms with E-state index < -0.39 is 38.4 Å². The van der Waals surface area contributed by atoms with E-state index in [1.165, 1.54) is 0 Å². The Labute approximate surface area is 239 Å². The van der Waals surface area contributed by atoms with Gasteiger partial charge < -0.3 is 34.8 Å². The number of hydrogen-bond donors (Lipinski definition) is 3. The Balaban J connectivity index is 1.71. The summed E-state index contributed by atoms with van der Waals surface area (Å²) in [5.74, 6) is -1.81. The third-order valence-electron chi connectivity index (χ3n) is 7.70. The summed E-state index contributed by atoms with van der Waals surface area (Å²) < 4.78 is 16.6. The number of primary amides is 1. The Morgan fingerprint density at radius 2 is 1.75 bits per heavy atom. The van der Waals surface area contributed by atoms with Gasteiger partial charge in [0.25, 0.3) is 5.91 Å². The number of amides is 3. The minimum absolute atomic E-state index is 0.00618. The van der Waals surface area contributed by atoms with Crippen LogP contribution in [0.5, 0.6) is 0 Å². The monoisotopic (exact) mass is 579 g/mol. The first-order chi connectivity index (χ1) is 19.3. The minimum Gasteiger partial charge on any atom is -0.436 e. The van der Waals surface area contributed by atoms with Crippen molar-refractivity contribution in [2.45, 2.75) is 89.6 Å². The first-order valence-electron chi connectivity index (χ1n) is 14.6. The van der Waals surface area contributed by atoms with Crippen LogP contribution in [0.3, 0.4) is 0 Å². The number of likely N-dealkylation sites (tertiary alicyclic amines) is 1. The molecule has 1 aromatic rings. The fourth-order valence-electron chi connectivity index (χ4n) is 5.66. The number of nitrogens with zero attached hydrogens (tertiary/aromatic N) is 1. The van der Waals surface area contributed by atoms with Crippen molar-refractivity contribution in [3.05, 3.63) is 35.9 Å². The summed E-state index contributed by atoms with van der Waals surface area (Å²) in [4.78, 5) is 40.3.